The molecule has 0 amide bonds. The second-order valence-corrected chi connectivity index (χ2v) is 3.19. The predicted octanol–water partition coefficient (Wildman–Crippen LogP) is 1.20. The Morgan fingerprint density at radius 3 is 2.47 bits per heavy atom. The first-order valence-corrected chi connectivity index (χ1v) is 4.36. The lowest BCUT2D eigenvalue weighted by Crippen LogP contribution is -2.23. The molecule has 0 aliphatic rings. The van der Waals surface area contributed by atoms with E-state index >= 15 is 0 Å². The molecule has 1 aromatic rings. The van der Waals surface area contributed by atoms with Crippen LogP contribution in [0.25, 0.3) is 0 Å². The number of phenolic OH excluding ortho intramolecular Hbond substituents is 1. The van der Waals surface area contributed by atoms with Crippen molar-refractivity contribution >= 4 is 12.4 Å². The molecule has 0 aliphatic heterocycles. The number of hydrogen-bond acceptors (Lipinski definition) is 4. The standard InChI is InChI=1S/C10H15NO3.ClH/c1-6(12)10(11)8-4-3-7(13)5-9(8)14-2;/h3-6,10,12-13H,11H2,1-2H3;1H/t6-,10-;/m1./s1. The van der Waals surface area contributed by atoms with E-state index in [1.807, 2.05) is 0 Å². The zero-order valence-electron chi connectivity index (χ0n) is 8.68. The van der Waals surface area contributed by atoms with E-state index in [-0.39, 0.29) is 18.2 Å². The van der Waals surface area contributed by atoms with Crippen molar-refractivity contribution in [3.05, 3.63) is 23.8 Å². The number of aliphatic hydroxyl groups excluding tert-OH is 1. The molecule has 0 bridgehead atoms. The molecule has 0 fully saturated rings. The summed E-state index contributed by atoms with van der Waals surface area (Å²) in [6, 6.07) is 4.12. The molecule has 86 valence electrons. The number of halogens is 1. The number of aromatic hydroxyl groups is 1. The molecule has 0 aliphatic carbocycles. The number of ether oxygens (including phenoxy) is 1. The number of rotatable bonds is 3. The molecule has 0 saturated heterocycles. The van der Waals surface area contributed by atoms with Crippen LogP contribution in [-0.4, -0.2) is 23.4 Å². The van der Waals surface area contributed by atoms with Gasteiger partial charge in [-0.05, 0) is 19.1 Å². The third kappa shape index (κ3) is 3.27. The summed E-state index contributed by atoms with van der Waals surface area (Å²) in [5.74, 6) is 0.599. The fourth-order valence-corrected chi connectivity index (χ4v) is 1.24. The highest BCUT2D eigenvalue weighted by Crippen LogP contribution is 2.29. The third-order valence-electron chi connectivity index (χ3n) is 2.10. The highest BCUT2D eigenvalue weighted by Gasteiger charge is 2.16. The molecule has 4 N–H and O–H groups in total. The molecule has 0 radical (unpaired) electrons. The van der Waals surface area contributed by atoms with Crippen LogP contribution >= 0.6 is 12.4 Å². The van der Waals surface area contributed by atoms with E-state index in [9.17, 15) is 10.2 Å². The van der Waals surface area contributed by atoms with Gasteiger partial charge in [0.2, 0.25) is 0 Å². The van der Waals surface area contributed by atoms with Gasteiger partial charge in [-0.3, -0.25) is 0 Å². The smallest absolute Gasteiger partial charge is 0.127 e. The van der Waals surface area contributed by atoms with E-state index in [2.05, 4.69) is 0 Å². The fraction of sp³-hybridized carbons (Fsp3) is 0.400. The van der Waals surface area contributed by atoms with Gasteiger partial charge in [0.25, 0.3) is 0 Å². The van der Waals surface area contributed by atoms with Crippen LogP contribution in [0.4, 0.5) is 0 Å². The zero-order chi connectivity index (χ0) is 10.7. The summed E-state index contributed by atoms with van der Waals surface area (Å²) in [5, 5.41) is 18.5. The summed E-state index contributed by atoms with van der Waals surface area (Å²) in [4.78, 5) is 0. The van der Waals surface area contributed by atoms with E-state index in [1.165, 1.54) is 19.2 Å². The molecule has 15 heavy (non-hydrogen) atoms. The van der Waals surface area contributed by atoms with Gasteiger partial charge in [0, 0.05) is 11.6 Å². The maximum absolute atomic E-state index is 9.32. The molecule has 0 spiro atoms. The lowest BCUT2D eigenvalue weighted by atomic mass is 10.0. The van der Waals surface area contributed by atoms with Crippen molar-refractivity contribution in [3.8, 4) is 11.5 Å². The van der Waals surface area contributed by atoms with Gasteiger partial charge >= 0.3 is 0 Å². The number of aliphatic hydroxyl groups is 1. The van der Waals surface area contributed by atoms with Crippen molar-refractivity contribution in [2.24, 2.45) is 5.73 Å². The van der Waals surface area contributed by atoms with E-state index in [1.54, 1.807) is 13.0 Å². The Bertz CT molecular complexity index is 318. The first-order valence-electron chi connectivity index (χ1n) is 4.36. The van der Waals surface area contributed by atoms with E-state index in [4.69, 9.17) is 10.5 Å². The number of phenols is 1. The average molecular weight is 234 g/mol. The van der Waals surface area contributed by atoms with Crippen LogP contribution in [0.15, 0.2) is 18.2 Å². The Balaban J connectivity index is 0.00000196. The topological polar surface area (TPSA) is 75.7 Å². The highest BCUT2D eigenvalue weighted by atomic mass is 35.5. The van der Waals surface area contributed by atoms with Crippen LogP contribution in [0, 0.1) is 0 Å². The number of nitrogens with two attached hydrogens (primary N) is 1. The van der Waals surface area contributed by atoms with Crippen molar-refractivity contribution in [2.75, 3.05) is 7.11 Å². The van der Waals surface area contributed by atoms with E-state index < -0.39 is 12.1 Å². The van der Waals surface area contributed by atoms with Gasteiger partial charge < -0.3 is 20.7 Å². The Kier molecular flexibility index (Phi) is 5.43. The molecule has 5 heteroatoms. The average Bonchev–Trinajstić information content (AvgIpc) is 2.16. The predicted molar refractivity (Wildman–Crippen MR) is 60.5 cm³/mol. The van der Waals surface area contributed by atoms with E-state index in [0.29, 0.717) is 11.3 Å². The number of methoxy groups -OCH3 is 1. The maximum Gasteiger partial charge on any atom is 0.127 e. The molecule has 2 atom stereocenters. The lowest BCUT2D eigenvalue weighted by molar-refractivity contribution is 0.162. The van der Waals surface area contributed by atoms with Gasteiger partial charge in [-0.15, -0.1) is 12.4 Å². The van der Waals surface area contributed by atoms with Crippen LogP contribution in [-0.2, 0) is 0 Å². The molecular weight excluding hydrogens is 218 g/mol. The van der Waals surface area contributed by atoms with Crippen molar-refractivity contribution in [1.29, 1.82) is 0 Å². The van der Waals surface area contributed by atoms with Gasteiger partial charge in [-0.25, -0.2) is 0 Å². The normalized spacial score (nSPS) is 13.9. The summed E-state index contributed by atoms with van der Waals surface area (Å²) < 4.78 is 5.05. The lowest BCUT2D eigenvalue weighted by Gasteiger charge is -2.18. The van der Waals surface area contributed by atoms with Crippen molar-refractivity contribution in [2.45, 2.75) is 19.1 Å². The summed E-state index contributed by atoms with van der Waals surface area (Å²) in [6.07, 6.45) is -0.659. The van der Waals surface area contributed by atoms with Gasteiger partial charge in [0.05, 0.1) is 19.3 Å². The molecule has 0 heterocycles. The van der Waals surface area contributed by atoms with E-state index in [0.717, 1.165) is 0 Å². The van der Waals surface area contributed by atoms with Crippen LogP contribution in [0.1, 0.15) is 18.5 Å². The largest absolute Gasteiger partial charge is 0.508 e. The first-order chi connectivity index (χ1) is 6.56. The van der Waals surface area contributed by atoms with Gasteiger partial charge in [0.15, 0.2) is 0 Å². The van der Waals surface area contributed by atoms with Gasteiger partial charge in [0.1, 0.15) is 11.5 Å². The van der Waals surface area contributed by atoms with Crippen LogP contribution in [0.3, 0.4) is 0 Å². The Morgan fingerprint density at radius 2 is 2.00 bits per heavy atom. The summed E-state index contributed by atoms with van der Waals surface area (Å²) in [6.45, 7) is 1.61. The quantitative estimate of drug-likeness (QED) is 0.734. The Hall–Kier alpha value is -0.970. The minimum absolute atomic E-state index is 0. The summed E-state index contributed by atoms with van der Waals surface area (Å²) in [7, 11) is 1.49. The molecule has 0 unspecified atom stereocenters. The molecule has 0 aromatic heterocycles. The van der Waals surface area contributed by atoms with Crippen molar-refractivity contribution in [3.63, 3.8) is 0 Å². The van der Waals surface area contributed by atoms with Crippen molar-refractivity contribution < 1.29 is 14.9 Å². The summed E-state index contributed by atoms with van der Waals surface area (Å²) in [5.41, 5.74) is 6.43. The Labute approximate surface area is 95.1 Å². The summed E-state index contributed by atoms with van der Waals surface area (Å²) >= 11 is 0. The fourth-order valence-electron chi connectivity index (χ4n) is 1.24. The maximum atomic E-state index is 9.32. The van der Waals surface area contributed by atoms with Gasteiger partial charge in [-0.2, -0.15) is 0 Å². The molecule has 4 nitrogen and oxygen atoms in total. The molecule has 0 saturated carbocycles. The minimum atomic E-state index is -0.659. The SMILES string of the molecule is COc1cc(O)ccc1[C@H](N)[C@@H](C)O.Cl. The van der Waals surface area contributed by atoms with Gasteiger partial charge in [-0.1, -0.05) is 0 Å². The van der Waals surface area contributed by atoms with Crippen LogP contribution in [0.5, 0.6) is 11.5 Å². The zero-order valence-corrected chi connectivity index (χ0v) is 9.49. The van der Waals surface area contributed by atoms with Crippen molar-refractivity contribution in [1.82, 2.24) is 0 Å². The first kappa shape index (κ1) is 14.0. The number of benzene rings is 1. The Morgan fingerprint density at radius 1 is 1.40 bits per heavy atom. The molecule has 1 aromatic carbocycles. The molecular formula is C10H16ClNO3. The monoisotopic (exact) mass is 233 g/mol. The second kappa shape index (κ2) is 5.80. The van der Waals surface area contributed by atoms with Crippen LogP contribution < -0.4 is 10.5 Å². The second-order valence-electron chi connectivity index (χ2n) is 3.19. The molecule has 1 rings (SSSR count). The number of hydrogen-bond donors (Lipinski definition) is 3. The highest BCUT2D eigenvalue weighted by molar-refractivity contribution is 5.85. The van der Waals surface area contributed by atoms with Crippen LogP contribution in [0.2, 0.25) is 0 Å². The minimum Gasteiger partial charge on any atom is -0.508 e. The third-order valence-corrected chi connectivity index (χ3v) is 2.10.